The lowest BCUT2D eigenvalue weighted by molar-refractivity contribution is -0.139. The Labute approximate surface area is 443 Å². The van der Waals surface area contributed by atoms with E-state index in [4.69, 9.17) is 0 Å². The van der Waals surface area contributed by atoms with Crippen LogP contribution in [0.5, 0.6) is 0 Å². The fraction of sp³-hybridized carbons (Fsp3) is 0.185. The highest BCUT2D eigenvalue weighted by atomic mass is 19.4. The number of hydrogen-bond donors (Lipinski definition) is 3. The standard InChI is InChI=1S/C54H37F6N15O4/c1-29(12-14-61)66-44-18-32(20-46(67-44)74-24-40-36(51(74)78)4-2-6-42(40)53(55,56)57)38-16-30(22-62)8-10-34(38)49-70-64-26-72(49)28-73-27-65-71-50(73)35-11-9-31(23-63)17-39(35)33-19-45(69-48(77)13-15-76)68-47(21-33)75-25-41-37(52(75)79)5-3-7-43(41)54(58,59)60/h2-11,16-21,26-27,29,76H,12-13,15,24-25,28H2,1H3,(H,66,67)(H,68,69,77)/t29-/m1/s1. The van der Waals surface area contributed by atoms with Crippen molar-refractivity contribution in [2.45, 2.75) is 57.9 Å². The van der Waals surface area contributed by atoms with Gasteiger partial charge in [-0.1, -0.05) is 12.1 Å². The maximum absolute atomic E-state index is 14.2. The van der Waals surface area contributed by atoms with Gasteiger partial charge in [0.2, 0.25) is 5.91 Å². The highest BCUT2D eigenvalue weighted by Gasteiger charge is 2.42. The van der Waals surface area contributed by atoms with E-state index in [2.05, 4.69) is 59.2 Å². The third-order valence-electron chi connectivity index (χ3n) is 13.1. The Morgan fingerprint density at radius 2 is 1.14 bits per heavy atom. The molecule has 8 aromatic rings. The predicted octanol–water partition coefficient (Wildman–Crippen LogP) is 8.97. The van der Waals surface area contributed by atoms with Crippen LogP contribution >= 0.6 is 0 Å². The van der Waals surface area contributed by atoms with Crippen LogP contribution in [0.3, 0.4) is 0 Å². The van der Waals surface area contributed by atoms with Crippen LogP contribution < -0.4 is 20.4 Å². The van der Waals surface area contributed by atoms with Crippen molar-refractivity contribution in [2.24, 2.45) is 0 Å². The second kappa shape index (κ2) is 20.7. The molecule has 1 atom stereocenters. The van der Waals surface area contributed by atoms with Crippen molar-refractivity contribution in [1.82, 2.24) is 39.5 Å². The molecule has 10 rings (SSSR count). The number of benzene rings is 4. The number of aliphatic hydroxyl groups is 1. The molecule has 0 saturated heterocycles. The summed E-state index contributed by atoms with van der Waals surface area (Å²) in [7, 11) is 0. The summed E-state index contributed by atoms with van der Waals surface area (Å²) in [5, 5.41) is 62.2. The van der Waals surface area contributed by atoms with Crippen LogP contribution in [0.25, 0.3) is 45.0 Å². The number of hydrogen-bond acceptors (Lipinski definition) is 14. The number of carbonyl (C=O) groups is 3. The number of halogens is 6. The highest BCUT2D eigenvalue weighted by molar-refractivity contribution is 6.11. The zero-order chi connectivity index (χ0) is 55.9. The van der Waals surface area contributed by atoms with Crippen LogP contribution in [-0.2, 0) is 36.9 Å². The number of amides is 3. The molecule has 394 valence electrons. The first kappa shape index (κ1) is 52.1. The third-order valence-corrected chi connectivity index (χ3v) is 13.1. The Bertz CT molecular complexity index is 3930. The van der Waals surface area contributed by atoms with Gasteiger partial charge in [-0.15, -0.1) is 20.4 Å². The zero-order valence-electron chi connectivity index (χ0n) is 41.0. The lowest BCUT2D eigenvalue weighted by Gasteiger charge is -2.20. The molecule has 6 heterocycles. The number of nitrogens with one attached hydrogen (secondary N) is 2. The number of pyridine rings is 2. The van der Waals surface area contributed by atoms with E-state index in [1.807, 2.05) is 0 Å². The lowest BCUT2D eigenvalue weighted by atomic mass is 9.97. The van der Waals surface area contributed by atoms with Gasteiger partial charge in [0.15, 0.2) is 11.6 Å². The maximum Gasteiger partial charge on any atom is 0.416 e. The summed E-state index contributed by atoms with van der Waals surface area (Å²) in [5.74, 6) is -1.94. The van der Waals surface area contributed by atoms with Crippen LogP contribution in [0.2, 0.25) is 0 Å². The highest BCUT2D eigenvalue weighted by Crippen LogP contribution is 2.43. The topological polar surface area (TPSA) is 261 Å². The van der Waals surface area contributed by atoms with Gasteiger partial charge in [0, 0.05) is 28.3 Å². The second-order valence-corrected chi connectivity index (χ2v) is 18.2. The average molecular weight is 1070 g/mol. The molecule has 0 radical (unpaired) electrons. The summed E-state index contributed by atoms with van der Waals surface area (Å²) < 4.78 is 88.4. The predicted molar refractivity (Wildman–Crippen MR) is 270 cm³/mol. The maximum atomic E-state index is 14.2. The molecule has 79 heavy (non-hydrogen) atoms. The van der Waals surface area contributed by atoms with E-state index in [0.717, 1.165) is 34.1 Å². The van der Waals surface area contributed by atoms with Crippen LogP contribution in [0.4, 0.5) is 49.6 Å². The average Bonchev–Trinajstić information content (AvgIpc) is 4.42. The number of anilines is 4. The molecule has 19 nitrogen and oxygen atoms in total. The van der Waals surface area contributed by atoms with E-state index in [-0.39, 0.29) is 98.9 Å². The molecule has 0 bridgehead atoms. The molecular formula is C54H37F6N15O4. The van der Waals surface area contributed by atoms with Crippen LogP contribution in [0.1, 0.15) is 73.9 Å². The van der Waals surface area contributed by atoms with Crippen molar-refractivity contribution >= 4 is 41.0 Å². The Hall–Kier alpha value is -10.3. The molecule has 2 aliphatic heterocycles. The molecule has 25 heteroatoms. The smallest absolute Gasteiger partial charge is 0.396 e. The third kappa shape index (κ3) is 10.1. The van der Waals surface area contributed by atoms with E-state index < -0.39 is 66.9 Å². The number of alkyl halides is 6. The SMILES string of the molecule is C[C@H](CC#N)Nc1cc(-c2cc(C#N)ccc2-c2nncn2Cn2cnnc2-c2ccc(C#N)cc2-c2cc(NC(=O)CCO)nc(N3Cc4c(cccc4C(F)(F)F)C3=O)c2)cc(N2Cc3c(cccc3C(F)(F)F)C2=O)n1. The quantitative estimate of drug-likeness (QED) is 0.0859. The van der Waals surface area contributed by atoms with Gasteiger partial charge in [-0.25, -0.2) is 9.97 Å². The minimum absolute atomic E-state index is 0.0330. The number of carbonyl (C=O) groups excluding carboxylic acids is 3. The van der Waals surface area contributed by atoms with Crippen LogP contribution in [0, 0.1) is 34.0 Å². The van der Waals surface area contributed by atoms with Crippen LogP contribution in [0.15, 0.2) is 110 Å². The molecule has 3 amide bonds. The van der Waals surface area contributed by atoms with E-state index >= 15 is 0 Å². The van der Waals surface area contributed by atoms with Gasteiger partial charge >= 0.3 is 12.4 Å². The first-order valence-corrected chi connectivity index (χ1v) is 23.8. The largest absolute Gasteiger partial charge is 0.416 e. The van der Waals surface area contributed by atoms with E-state index in [1.165, 1.54) is 61.2 Å². The number of rotatable bonds is 14. The van der Waals surface area contributed by atoms with Crippen molar-refractivity contribution in [3.8, 4) is 63.2 Å². The lowest BCUT2D eigenvalue weighted by Crippen LogP contribution is -2.25. The number of aromatic nitrogens is 8. The van der Waals surface area contributed by atoms with Crippen molar-refractivity contribution in [3.05, 3.63) is 154 Å². The summed E-state index contributed by atoms with van der Waals surface area (Å²) >= 11 is 0. The monoisotopic (exact) mass is 1070 g/mol. The van der Waals surface area contributed by atoms with Crippen molar-refractivity contribution < 1.29 is 45.8 Å². The number of aliphatic hydroxyl groups excluding tert-OH is 1. The Morgan fingerprint density at radius 1 is 0.658 bits per heavy atom. The molecule has 0 spiro atoms. The zero-order valence-corrected chi connectivity index (χ0v) is 41.0. The molecule has 0 fully saturated rings. The van der Waals surface area contributed by atoms with Gasteiger partial charge in [-0.05, 0) is 125 Å². The first-order valence-electron chi connectivity index (χ1n) is 23.8. The van der Waals surface area contributed by atoms with Crippen molar-refractivity contribution in [3.63, 3.8) is 0 Å². The second-order valence-electron chi connectivity index (χ2n) is 18.2. The minimum Gasteiger partial charge on any atom is -0.396 e. The Kier molecular flexibility index (Phi) is 13.6. The Balaban J connectivity index is 1.05. The van der Waals surface area contributed by atoms with E-state index in [1.54, 1.807) is 40.3 Å². The molecule has 0 saturated carbocycles. The van der Waals surface area contributed by atoms with Gasteiger partial charge in [0.05, 0.1) is 73.0 Å². The molecule has 3 N–H and O–H groups in total. The number of nitrogens with zero attached hydrogens (tertiary/aromatic N) is 13. The molecule has 0 aliphatic carbocycles. The summed E-state index contributed by atoms with van der Waals surface area (Å²) in [6.07, 6.45) is -7.05. The molecule has 4 aromatic carbocycles. The molecule has 2 aliphatic rings. The van der Waals surface area contributed by atoms with E-state index in [0.29, 0.717) is 22.3 Å². The van der Waals surface area contributed by atoms with Gasteiger partial charge in [-0.2, -0.15) is 42.1 Å². The van der Waals surface area contributed by atoms with Gasteiger partial charge in [0.1, 0.15) is 42.6 Å². The van der Waals surface area contributed by atoms with E-state index in [9.17, 15) is 61.6 Å². The van der Waals surface area contributed by atoms with Gasteiger partial charge in [-0.3, -0.25) is 33.3 Å². The van der Waals surface area contributed by atoms with Crippen molar-refractivity contribution in [2.75, 3.05) is 27.0 Å². The number of fused-ring (bicyclic) bond motifs is 2. The summed E-state index contributed by atoms with van der Waals surface area (Å²) in [4.78, 5) is 51.8. The fourth-order valence-corrected chi connectivity index (χ4v) is 9.47. The summed E-state index contributed by atoms with van der Waals surface area (Å²) in [6.45, 7) is 0.0993. The molecular weight excluding hydrogens is 1040 g/mol. The summed E-state index contributed by atoms with van der Waals surface area (Å²) in [5.41, 5.74) is -0.533. The summed E-state index contributed by atoms with van der Waals surface area (Å²) in [6, 6.07) is 27.7. The normalized spacial score (nSPS) is 13.4. The Morgan fingerprint density at radius 3 is 1.59 bits per heavy atom. The fourth-order valence-electron chi connectivity index (χ4n) is 9.47. The van der Waals surface area contributed by atoms with Gasteiger partial charge in [0.25, 0.3) is 11.8 Å². The first-order chi connectivity index (χ1) is 37.9. The van der Waals surface area contributed by atoms with Gasteiger partial charge < -0.3 is 15.7 Å². The number of nitriles is 3. The molecule has 4 aromatic heterocycles. The van der Waals surface area contributed by atoms with Crippen molar-refractivity contribution in [1.29, 1.82) is 15.8 Å². The molecule has 0 unspecified atom stereocenters. The minimum atomic E-state index is -4.78. The van der Waals surface area contributed by atoms with Crippen LogP contribution in [-0.4, -0.2) is 75.0 Å².